The number of aliphatic hydroxyl groups excluding tert-OH is 1. The number of ketones is 3. The predicted molar refractivity (Wildman–Crippen MR) is 134 cm³/mol. The minimum Gasteiger partial charge on any atom is -0.463 e. The van der Waals surface area contributed by atoms with Crippen LogP contribution in [0.4, 0.5) is 0 Å². The summed E-state index contributed by atoms with van der Waals surface area (Å²) in [6, 6.07) is 0. The van der Waals surface area contributed by atoms with E-state index >= 15 is 0 Å². The van der Waals surface area contributed by atoms with Crippen LogP contribution < -0.4 is 0 Å². The summed E-state index contributed by atoms with van der Waals surface area (Å²) in [6.07, 6.45) is 10.8. The van der Waals surface area contributed by atoms with Crippen molar-refractivity contribution in [2.75, 3.05) is 0 Å². The van der Waals surface area contributed by atoms with Gasteiger partial charge in [0.05, 0.1) is 17.3 Å². The fourth-order valence-corrected chi connectivity index (χ4v) is 4.79. The Balaban J connectivity index is 1.77. The summed E-state index contributed by atoms with van der Waals surface area (Å²) in [7, 11) is 0. The number of ether oxygens (including phenoxy) is 2. The van der Waals surface area contributed by atoms with Gasteiger partial charge in [-0.05, 0) is 57.3 Å². The maximum absolute atomic E-state index is 13.3. The van der Waals surface area contributed by atoms with E-state index < -0.39 is 29.2 Å². The molecule has 0 saturated heterocycles. The Hall–Kier alpha value is -3.06. The van der Waals surface area contributed by atoms with Crippen LogP contribution in [0.1, 0.15) is 79.6 Å². The quantitative estimate of drug-likeness (QED) is 0.212. The molecule has 1 aliphatic heterocycles. The van der Waals surface area contributed by atoms with E-state index in [-0.39, 0.29) is 29.5 Å². The topological polar surface area (TPSA) is 107 Å². The summed E-state index contributed by atoms with van der Waals surface area (Å²) < 4.78 is 11.1. The molecule has 0 aromatic carbocycles. The maximum atomic E-state index is 13.3. The van der Waals surface area contributed by atoms with Gasteiger partial charge in [0.15, 0.2) is 5.78 Å². The number of carbonyl (C=O) groups excluding carboxylic acids is 4. The number of fused-ring (bicyclic) bond motifs is 1. The lowest BCUT2D eigenvalue weighted by atomic mass is 9.79. The molecule has 0 aromatic heterocycles. The highest BCUT2D eigenvalue weighted by Gasteiger charge is 2.49. The van der Waals surface area contributed by atoms with Crippen LogP contribution >= 0.6 is 0 Å². The summed E-state index contributed by atoms with van der Waals surface area (Å²) in [5, 5.41) is 9.82. The first-order chi connectivity index (χ1) is 17.0. The molecule has 194 valence electrons. The monoisotopic (exact) mass is 496 g/mol. The number of allylic oxidation sites excluding steroid dienone is 4. The first-order valence-corrected chi connectivity index (χ1v) is 12.7. The first kappa shape index (κ1) is 27.5. The molecule has 0 spiro atoms. The Morgan fingerprint density at radius 1 is 1.22 bits per heavy atom. The van der Waals surface area contributed by atoms with Crippen LogP contribution in [0.25, 0.3) is 0 Å². The average molecular weight is 497 g/mol. The number of rotatable bonds is 9. The van der Waals surface area contributed by atoms with Crippen molar-refractivity contribution < 1.29 is 33.8 Å². The van der Waals surface area contributed by atoms with E-state index in [9.17, 15) is 24.3 Å². The highest BCUT2D eigenvalue weighted by molar-refractivity contribution is 6.26. The molecule has 7 heteroatoms. The second-order valence-corrected chi connectivity index (χ2v) is 10.2. The lowest BCUT2D eigenvalue weighted by Crippen LogP contribution is -2.50. The molecule has 0 bridgehead atoms. The fourth-order valence-electron chi connectivity index (χ4n) is 4.79. The summed E-state index contributed by atoms with van der Waals surface area (Å²) in [5.41, 5.74) is -0.225. The van der Waals surface area contributed by atoms with Crippen LogP contribution in [0.15, 0.2) is 58.1 Å². The van der Waals surface area contributed by atoms with Crippen molar-refractivity contribution in [3.63, 3.8) is 0 Å². The SMILES string of the molecule is CCCCCCC(C)/C=C(\C)C(=O)O[C@@]1(C)C(=O)C=C2C=C(C3=C(C)C[C@@H](O)CC3=O)OC=C2C1=O. The van der Waals surface area contributed by atoms with Gasteiger partial charge >= 0.3 is 5.97 Å². The van der Waals surface area contributed by atoms with E-state index in [1.54, 1.807) is 13.8 Å². The fraction of sp³-hybridized carbons (Fsp3) is 0.517. The second kappa shape index (κ2) is 11.3. The van der Waals surface area contributed by atoms with Gasteiger partial charge in [0.25, 0.3) is 0 Å². The largest absolute Gasteiger partial charge is 0.463 e. The van der Waals surface area contributed by atoms with Crippen molar-refractivity contribution in [3.05, 3.63) is 58.1 Å². The van der Waals surface area contributed by atoms with Gasteiger partial charge < -0.3 is 14.6 Å². The van der Waals surface area contributed by atoms with Crippen LogP contribution in [0, 0.1) is 5.92 Å². The van der Waals surface area contributed by atoms with Crippen LogP contribution in [0.5, 0.6) is 0 Å². The molecule has 1 heterocycles. The smallest absolute Gasteiger partial charge is 0.334 e. The molecule has 3 aliphatic rings. The summed E-state index contributed by atoms with van der Waals surface area (Å²) >= 11 is 0. The minimum atomic E-state index is -2.00. The van der Waals surface area contributed by atoms with E-state index in [4.69, 9.17) is 9.47 Å². The summed E-state index contributed by atoms with van der Waals surface area (Å²) in [4.78, 5) is 51.6. The normalized spacial score (nSPS) is 25.5. The third-order valence-electron chi connectivity index (χ3n) is 6.92. The molecule has 0 aromatic rings. The van der Waals surface area contributed by atoms with Crippen molar-refractivity contribution in [1.29, 1.82) is 0 Å². The van der Waals surface area contributed by atoms with Gasteiger partial charge in [0.2, 0.25) is 17.2 Å². The summed E-state index contributed by atoms with van der Waals surface area (Å²) in [5.74, 6) is -1.90. The van der Waals surface area contributed by atoms with Crippen LogP contribution in [-0.2, 0) is 28.7 Å². The number of aliphatic hydroxyl groups is 1. The molecule has 0 saturated carbocycles. The number of hydrogen-bond acceptors (Lipinski definition) is 7. The van der Waals surface area contributed by atoms with Crippen LogP contribution in [0.2, 0.25) is 0 Å². The van der Waals surface area contributed by atoms with Gasteiger partial charge in [-0.2, -0.15) is 0 Å². The Morgan fingerprint density at radius 2 is 1.94 bits per heavy atom. The molecular formula is C29H36O7. The Morgan fingerprint density at radius 3 is 2.61 bits per heavy atom. The second-order valence-electron chi connectivity index (χ2n) is 10.2. The van der Waals surface area contributed by atoms with E-state index in [0.29, 0.717) is 28.7 Å². The molecule has 7 nitrogen and oxygen atoms in total. The molecule has 0 amide bonds. The number of esters is 1. The Bertz CT molecular complexity index is 1110. The third-order valence-corrected chi connectivity index (χ3v) is 6.92. The molecule has 3 atom stereocenters. The van der Waals surface area contributed by atoms with Gasteiger partial charge in [0.1, 0.15) is 12.0 Å². The van der Waals surface area contributed by atoms with E-state index in [1.807, 2.05) is 13.0 Å². The lowest BCUT2D eigenvalue weighted by Gasteiger charge is -2.32. The Kier molecular flexibility index (Phi) is 8.67. The molecule has 36 heavy (non-hydrogen) atoms. The summed E-state index contributed by atoms with van der Waals surface area (Å²) in [6.45, 7) is 8.84. The number of hydrogen-bond donors (Lipinski definition) is 1. The minimum absolute atomic E-state index is 0.0148. The van der Waals surface area contributed by atoms with Gasteiger partial charge in [-0.25, -0.2) is 4.79 Å². The molecule has 1 unspecified atom stereocenters. The average Bonchev–Trinajstić information content (AvgIpc) is 2.80. The van der Waals surface area contributed by atoms with E-state index in [2.05, 4.69) is 6.92 Å². The molecule has 3 rings (SSSR count). The molecule has 2 aliphatic carbocycles. The van der Waals surface area contributed by atoms with Crippen molar-refractivity contribution in [3.8, 4) is 0 Å². The van der Waals surface area contributed by atoms with E-state index in [0.717, 1.165) is 25.7 Å². The number of unbranched alkanes of at least 4 members (excludes halogenated alkanes) is 3. The zero-order valence-corrected chi connectivity index (χ0v) is 21.8. The molecule has 0 radical (unpaired) electrons. The highest BCUT2D eigenvalue weighted by atomic mass is 16.6. The van der Waals surface area contributed by atoms with Crippen molar-refractivity contribution in [2.45, 2.75) is 91.3 Å². The van der Waals surface area contributed by atoms with Crippen molar-refractivity contribution in [1.82, 2.24) is 0 Å². The molecule has 1 N–H and O–H groups in total. The van der Waals surface area contributed by atoms with Crippen molar-refractivity contribution in [2.24, 2.45) is 5.92 Å². The van der Waals surface area contributed by atoms with Crippen LogP contribution in [0.3, 0.4) is 0 Å². The molecule has 0 fully saturated rings. The number of Topliss-reactive ketones (excluding diaryl/α,β-unsaturated/α-hetero) is 2. The van der Waals surface area contributed by atoms with E-state index in [1.165, 1.54) is 31.8 Å². The maximum Gasteiger partial charge on any atom is 0.334 e. The van der Waals surface area contributed by atoms with Gasteiger partial charge in [-0.1, -0.05) is 51.2 Å². The van der Waals surface area contributed by atoms with Gasteiger partial charge in [0, 0.05) is 12.0 Å². The van der Waals surface area contributed by atoms with Gasteiger partial charge in [-0.15, -0.1) is 0 Å². The predicted octanol–water partition coefficient (Wildman–Crippen LogP) is 4.76. The van der Waals surface area contributed by atoms with Crippen molar-refractivity contribution >= 4 is 23.3 Å². The van der Waals surface area contributed by atoms with Gasteiger partial charge in [-0.3, -0.25) is 14.4 Å². The Labute approximate surface area is 212 Å². The standard InChI is InChI=1S/C29H36O7/c1-6-7-8-9-10-17(2)11-19(4)28(34)36-29(5)25(32)14-20-13-24(35-16-22(20)27(29)33)26-18(3)12-21(30)15-23(26)31/h11,13-14,16-17,21,30H,6-10,12,15H2,1-5H3/b19-11+/t17?,21-,29+/m1/s1. The third kappa shape index (κ3) is 5.84. The molecular weight excluding hydrogens is 460 g/mol. The van der Waals surface area contributed by atoms with Crippen LogP contribution in [-0.4, -0.2) is 40.1 Å². The zero-order valence-electron chi connectivity index (χ0n) is 21.8. The first-order valence-electron chi connectivity index (χ1n) is 12.7. The zero-order chi connectivity index (χ0) is 26.6. The lowest BCUT2D eigenvalue weighted by molar-refractivity contribution is -0.165. The highest BCUT2D eigenvalue weighted by Crippen LogP contribution is 2.37. The number of carbonyl (C=O) groups is 4.